The van der Waals surface area contributed by atoms with Crippen LogP contribution < -0.4 is 4.74 Å². The molecule has 7 heteroatoms. The van der Waals surface area contributed by atoms with E-state index in [1.54, 1.807) is 28.0 Å². The standard InChI is InChI=1S/C21H22Cl2N2O3/c1-15-3-6-17(7-4-15)28-14-20(26)24-9-2-10-25(12-11-24)21(27)18-13-16(22)5-8-19(18)23/h3-8,13H,2,9-12,14H2,1H3. The highest BCUT2D eigenvalue weighted by Crippen LogP contribution is 2.22. The maximum Gasteiger partial charge on any atom is 0.260 e. The van der Waals surface area contributed by atoms with Gasteiger partial charge in [-0.2, -0.15) is 0 Å². The van der Waals surface area contributed by atoms with Gasteiger partial charge in [0.1, 0.15) is 5.75 Å². The van der Waals surface area contributed by atoms with Gasteiger partial charge in [0.2, 0.25) is 0 Å². The van der Waals surface area contributed by atoms with E-state index < -0.39 is 0 Å². The number of benzene rings is 2. The second-order valence-electron chi connectivity index (χ2n) is 6.75. The highest BCUT2D eigenvalue weighted by molar-refractivity contribution is 6.35. The van der Waals surface area contributed by atoms with Gasteiger partial charge in [-0.1, -0.05) is 40.9 Å². The van der Waals surface area contributed by atoms with E-state index in [9.17, 15) is 9.59 Å². The Bertz CT molecular complexity index is 855. The predicted octanol–water partition coefficient (Wildman–Crippen LogP) is 4.06. The van der Waals surface area contributed by atoms with Crippen molar-refractivity contribution in [3.63, 3.8) is 0 Å². The number of aryl methyl sites for hydroxylation is 1. The lowest BCUT2D eigenvalue weighted by molar-refractivity contribution is -0.133. The van der Waals surface area contributed by atoms with Crippen LogP contribution in [0.4, 0.5) is 0 Å². The van der Waals surface area contributed by atoms with Crippen molar-refractivity contribution >= 4 is 35.0 Å². The number of ether oxygens (including phenoxy) is 1. The van der Waals surface area contributed by atoms with Crippen molar-refractivity contribution in [1.29, 1.82) is 0 Å². The van der Waals surface area contributed by atoms with Crippen LogP contribution in [-0.2, 0) is 4.79 Å². The van der Waals surface area contributed by atoms with E-state index in [0.29, 0.717) is 54.0 Å². The largest absolute Gasteiger partial charge is 0.484 e. The van der Waals surface area contributed by atoms with Gasteiger partial charge in [0.15, 0.2) is 6.61 Å². The van der Waals surface area contributed by atoms with Gasteiger partial charge in [-0.25, -0.2) is 0 Å². The van der Waals surface area contributed by atoms with Gasteiger partial charge in [-0.3, -0.25) is 9.59 Å². The number of amides is 2. The summed E-state index contributed by atoms with van der Waals surface area (Å²) in [6, 6.07) is 12.4. The summed E-state index contributed by atoms with van der Waals surface area (Å²) >= 11 is 12.1. The first-order valence-corrected chi connectivity index (χ1v) is 9.91. The molecular formula is C21H22Cl2N2O3. The minimum absolute atomic E-state index is 0.0167. The second kappa shape index (κ2) is 9.30. The molecule has 3 rings (SSSR count). The Morgan fingerprint density at radius 1 is 0.964 bits per heavy atom. The Morgan fingerprint density at radius 2 is 1.64 bits per heavy atom. The molecule has 1 aliphatic heterocycles. The summed E-state index contributed by atoms with van der Waals surface area (Å²) in [6.45, 7) is 4.03. The Labute approximate surface area is 174 Å². The molecule has 1 fully saturated rings. The van der Waals surface area contributed by atoms with Crippen LogP contribution in [-0.4, -0.2) is 54.4 Å². The Morgan fingerprint density at radius 3 is 2.39 bits per heavy atom. The van der Waals surface area contributed by atoms with Crippen LogP contribution >= 0.6 is 23.2 Å². The van der Waals surface area contributed by atoms with E-state index in [2.05, 4.69) is 0 Å². The molecule has 1 aliphatic rings. The lowest BCUT2D eigenvalue weighted by Gasteiger charge is -2.22. The second-order valence-corrected chi connectivity index (χ2v) is 7.60. The highest BCUT2D eigenvalue weighted by Gasteiger charge is 2.24. The first-order valence-electron chi connectivity index (χ1n) is 9.15. The predicted molar refractivity (Wildman–Crippen MR) is 110 cm³/mol. The van der Waals surface area contributed by atoms with Crippen LogP contribution in [0, 0.1) is 6.92 Å². The zero-order chi connectivity index (χ0) is 20.1. The molecule has 0 bridgehead atoms. The summed E-state index contributed by atoms with van der Waals surface area (Å²) in [5.74, 6) is 0.412. The number of rotatable bonds is 4. The topological polar surface area (TPSA) is 49.9 Å². The molecule has 0 saturated carbocycles. The molecule has 28 heavy (non-hydrogen) atoms. The van der Waals surface area contributed by atoms with Gasteiger partial charge >= 0.3 is 0 Å². The number of carbonyl (C=O) groups excluding carboxylic acids is 2. The van der Waals surface area contributed by atoms with Crippen LogP contribution in [0.3, 0.4) is 0 Å². The van der Waals surface area contributed by atoms with Gasteiger partial charge < -0.3 is 14.5 Å². The molecule has 0 aromatic heterocycles. The Kier molecular flexibility index (Phi) is 6.81. The quantitative estimate of drug-likeness (QED) is 0.749. The third kappa shape index (κ3) is 5.18. The molecule has 2 amide bonds. The molecule has 148 valence electrons. The molecule has 0 aliphatic carbocycles. The monoisotopic (exact) mass is 420 g/mol. The van der Waals surface area contributed by atoms with Crippen LogP contribution in [0.15, 0.2) is 42.5 Å². The molecule has 0 atom stereocenters. The fourth-order valence-corrected chi connectivity index (χ4v) is 3.44. The average molecular weight is 421 g/mol. The summed E-state index contributed by atoms with van der Waals surface area (Å²) in [7, 11) is 0. The van der Waals surface area contributed by atoms with Crippen molar-refractivity contribution in [3.05, 3.63) is 63.6 Å². The van der Waals surface area contributed by atoms with Crippen molar-refractivity contribution in [3.8, 4) is 5.75 Å². The molecule has 1 saturated heterocycles. The van der Waals surface area contributed by atoms with E-state index in [1.807, 2.05) is 31.2 Å². The molecule has 0 unspecified atom stereocenters. The number of hydrogen-bond donors (Lipinski definition) is 0. The third-order valence-electron chi connectivity index (χ3n) is 4.68. The van der Waals surface area contributed by atoms with Gasteiger partial charge in [0.25, 0.3) is 11.8 Å². The Hall–Kier alpha value is -2.24. The number of carbonyl (C=O) groups is 2. The van der Waals surface area contributed by atoms with Crippen molar-refractivity contribution in [2.24, 2.45) is 0 Å². The van der Waals surface area contributed by atoms with Gasteiger partial charge in [-0.15, -0.1) is 0 Å². The molecule has 2 aromatic rings. The molecular weight excluding hydrogens is 399 g/mol. The molecule has 0 radical (unpaired) electrons. The maximum atomic E-state index is 12.8. The lowest BCUT2D eigenvalue weighted by Crippen LogP contribution is -2.39. The fourth-order valence-electron chi connectivity index (χ4n) is 3.07. The van der Waals surface area contributed by atoms with Crippen LogP contribution in [0.25, 0.3) is 0 Å². The number of nitrogens with zero attached hydrogens (tertiary/aromatic N) is 2. The maximum absolute atomic E-state index is 12.8. The average Bonchev–Trinajstić information content (AvgIpc) is 2.95. The molecule has 1 heterocycles. The molecule has 0 N–H and O–H groups in total. The lowest BCUT2D eigenvalue weighted by atomic mass is 10.2. The van der Waals surface area contributed by atoms with Crippen LogP contribution in [0.1, 0.15) is 22.3 Å². The zero-order valence-corrected chi connectivity index (χ0v) is 17.2. The normalized spacial score (nSPS) is 14.5. The first-order chi connectivity index (χ1) is 13.4. The van der Waals surface area contributed by atoms with Crippen molar-refractivity contribution in [1.82, 2.24) is 9.80 Å². The number of halogens is 2. The summed E-state index contributed by atoms with van der Waals surface area (Å²) < 4.78 is 5.59. The SMILES string of the molecule is Cc1ccc(OCC(=O)N2CCCN(C(=O)c3cc(Cl)ccc3Cl)CC2)cc1. The van der Waals surface area contributed by atoms with Crippen molar-refractivity contribution in [2.45, 2.75) is 13.3 Å². The van der Waals surface area contributed by atoms with Gasteiger partial charge in [0.05, 0.1) is 10.6 Å². The van der Waals surface area contributed by atoms with Crippen LogP contribution in [0.2, 0.25) is 10.0 Å². The zero-order valence-electron chi connectivity index (χ0n) is 15.7. The highest BCUT2D eigenvalue weighted by atomic mass is 35.5. The van der Waals surface area contributed by atoms with E-state index in [1.165, 1.54) is 0 Å². The molecule has 5 nitrogen and oxygen atoms in total. The molecule has 2 aromatic carbocycles. The van der Waals surface area contributed by atoms with Crippen molar-refractivity contribution < 1.29 is 14.3 Å². The number of hydrogen-bond acceptors (Lipinski definition) is 3. The van der Waals surface area contributed by atoms with Crippen molar-refractivity contribution in [2.75, 3.05) is 32.8 Å². The summed E-state index contributed by atoms with van der Waals surface area (Å²) in [5.41, 5.74) is 1.52. The van der Waals surface area contributed by atoms with Crippen LogP contribution in [0.5, 0.6) is 5.75 Å². The minimum Gasteiger partial charge on any atom is -0.484 e. The fraction of sp³-hybridized carbons (Fsp3) is 0.333. The van der Waals surface area contributed by atoms with E-state index >= 15 is 0 Å². The summed E-state index contributed by atoms with van der Waals surface area (Å²) in [5, 5.41) is 0.839. The van der Waals surface area contributed by atoms with E-state index in [-0.39, 0.29) is 18.4 Å². The van der Waals surface area contributed by atoms with E-state index in [0.717, 1.165) is 5.56 Å². The van der Waals surface area contributed by atoms with Gasteiger partial charge in [0, 0.05) is 31.2 Å². The summed E-state index contributed by atoms with van der Waals surface area (Å²) in [4.78, 5) is 28.7. The Balaban J connectivity index is 1.56. The first kappa shape index (κ1) is 20.5. The smallest absolute Gasteiger partial charge is 0.260 e. The van der Waals surface area contributed by atoms with E-state index in [4.69, 9.17) is 27.9 Å². The summed E-state index contributed by atoms with van der Waals surface area (Å²) in [6.07, 6.45) is 0.695. The minimum atomic E-state index is -0.169. The molecule has 0 spiro atoms. The van der Waals surface area contributed by atoms with Gasteiger partial charge in [-0.05, 0) is 43.7 Å². The third-order valence-corrected chi connectivity index (χ3v) is 5.24.